The molecule has 3 nitrogen and oxygen atoms in total. The van der Waals surface area contributed by atoms with E-state index in [-0.39, 0.29) is 4.92 Å². The SMILES string of the molecule is CC(C)c1ccc(C2CC2)c([N+](=O)[O-])c1. The van der Waals surface area contributed by atoms with Crippen molar-refractivity contribution < 1.29 is 4.92 Å². The summed E-state index contributed by atoms with van der Waals surface area (Å²) >= 11 is 0. The molecule has 1 aliphatic carbocycles. The van der Waals surface area contributed by atoms with E-state index in [1.165, 1.54) is 0 Å². The van der Waals surface area contributed by atoms with Crippen LogP contribution in [0.25, 0.3) is 0 Å². The lowest BCUT2D eigenvalue weighted by Gasteiger charge is -2.07. The Labute approximate surface area is 89.3 Å². The van der Waals surface area contributed by atoms with Gasteiger partial charge in [0.2, 0.25) is 0 Å². The van der Waals surface area contributed by atoms with Gasteiger partial charge in [0.1, 0.15) is 0 Å². The first-order valence-corrected chi connectivity index (χ1v) is 5.38. The second-order valence-electron chi connectivity index (χ2n) is 4.50. The second-order valence-corrected chi connectivity index (χ2v) is 4.50. The van der Waals surface area contributed by atoms with Gasteiger partial charge in [0.25, 0.3) is 5.69 Å². The highest BCUT2D eigenvalue weighted by Gasteiger charge is 2.30. The zero-order chi connectivity index (χ0) is 11.0. The van der Waals surface area contributed by atoms with E-state index in [1.54, 1.807) is 6.07 Å². The summed E-state index contributed by atoms with van der Waals surface area (Å²) in [5, 5.41) is 10.9. The van der Waals surface area contributed by atoms with E-state index >= 15 is 0 Å². The quantitative estimate of drug-likeness (QED) is 0.559. The molecule has 80 valence electrons. The van der Waals surface area contributed by atoms with Crippen LogP contribution in [0.2, 0.25) is 0 Å². The molecule has 0 saturated heterocycles. The largest absolute Gasteiger partial charge is 0.273 e. The fourth-order valence-corrected chi connectivity index (χ4v) is 1.82. The van der Waals surface area contributed by atoms with Gasteiger partial charge in [0.05, 0.1) is 4.92 Å². The molecule has 1 aromatic carbocycles. The predicted molar refractivity (Wildman–Crippen MR) is 59.2 cm³/mol. The first-order valence-electron chi connectivity index (χ1n) is 5.38. The average molecular weight is 205 g/mol. The molecular formula is C12H15NO2. The van der Waals surface area contributed by atoms with Crippen molar-refractivity contribution >= 4 is 5.69 Å². The van der Waals surface area contributed by atoms with Gasteiger partial charge in [-0.2, -0.15) is 0 Å². The molecule has 0 spiro atoms. The van der Waals surface area contributed by atoms with Crippen LogP contribution in [0.15, 0.2) is 18.2 Å². The summed E-state index contributed by atoms with van der Waals surface area (Å²) in [7, 11) is 0. The van der Waals surface area contributed by atoms with Crippen molar-refractivity contribution in [1.29, 1.82) is 0 Å². The van der Waals surface area contributed by atoms with E-state index in [1.807, 2.05) is 12.1 Å². The van der Waals surface area contributed by atoms with E-state index in [4.69, 9.17) is 0 Å². The Balaban J connectivity index is 2.44. The minimum Gasteiger partial charge on any atom is -0.258 e. The van der Waals surface area contributed by atoms with Crippen molar-refractivity contribution in [2.24, 2.45) is 0 Å². The Morgan fingerprint density at radius 2 is 2.07 bits per heavy atom. The summed E-state index contributed by atoms with van der Waals surface area (Å²) in [5.74, 6) is 0.781. The van der Waals surface area contributed by atoms with Crippen molar-refractivity contribution in [2.75, 3.05) is 0 Å². The number of benzene rings is 1. The van der Waals surface area contributed by atoms with E-state index in [0.29, 0.717) is 17.5 Å². The van der Waals surface area contributed by atoms with Crippen LogP contribution < -0.4 is 0 Å². The van der Waals surface area contributed by atoms with Crippen molar-refractivity contribution in [3.05, 3.63) is 39.4 Å². The molecule has 0 aromatic heterocycles. The number of hydrogen-bond donors (Lipinski definition) is 0. The molecule has 0 unspecified atom stereocenters. The van der Waals surface area contributed by atoms with Gasteiger partial charge in [-0.25, -0.2) is 0 Å². The molecular weight excluding hydrogens is 190 g/mol. The molecule has 0 amide bonds. The lowest BCUT2D eigenvalue weighted by molar-refractivity contribution is -0.385. The summed E-state index contributed by atoms with van der Waals surface area (Å²) in [4.78, 5) is 10.7. The fourth-order valence-electron chi connectivity index (χ4n) is 1.82. The van der Waals surface area contributed by atoms with Crippen LogP contribution in [0.3, 0.4) is 0 Å². The minimum atomic E-state index is -0.250. The summed E-state index contributed by atoms with van der Waals surface area (Å²) < 4.78 is 0. The van der Waals surface area contributed by atoms with Crippen molar-refractivity contribution in [3.63, 3.8) is 0 Å². The van der Waals surface area contributed by atoms with Crippen molar-refractivity contribution in [2.45, 2.75) is 38.5 Å². The van der Waals surface area contributed by atoms with E-state index < -0.39 is 0 Å². The van der Waals surface area contributed by atoms with Gasteiger partial charge in [-0.1, -0.05) is 26.0 Å². The number of nitrogens with zero attached hydrogens (tertiary/aromatic N) is 1. The summed E-state index contributed by atoms with van der Waals surface area (Å²) in [6, 6.07) is 5.69. The van der Waals surface area contributed by atoms with E-state index in [0.717, 1.165) is 24.0 Å². The Hall–Kier alpha value is -1.38. The monoisotopic (exact) mass is 205 g/mol. The molecule has 0 radical (unpaired) electrons. The third-order valence-corrected chi connectivity index (χ3v) is 2.94. The van der Waals surface area contributed by atoms with Crippen molar-refractivity contribution in [3.8, 4) is 0 Å². The standard InChI is InChI=1S/C12H15NO2/c1-8(2)10-5-6-11(9-3-4-9)12(7-10)13(14)15/h5-9H,3-4H2,1-2H3. The Bertz CT molecular complexity index is 395. The maximum absolute atomic E-state index is 10.9. The third-order valence-electron chi connectivity index (χ3n) is 2.94. The molecule has 0 atom stereocenters. The second kappa shape index (κ2) is 3.65. The normalized spacial score (nSPS) is 15.7. The lowest BCUT2D eigenvalue weighted by Crippen LogP contribution is -1.97. The number of nitro groups is 1. The van der Waals surface area contributed by atoms with E-state index in [9.17, 15) is 10.1 Å². The highest BCUT2D eigenvalue weighted by molar-refractivity contribution is 5.47. The Morgan fingerprint density at radius 3 is 2.53 bits per heavy atom. The Morgan fingerprint density at radius 1 is 1.40 bits per heavy atom. The molecule has 0 N–H and O–H groups in total. The predicted octanol–water partition coefficient (Wildman–Crippen LogP) is 3.60. The maximum Gasteiger partial charge on any atom is 0.273 e. The van der Waals surface area contributed by atoms with Crippen LogP contribution >= 0.6 is 0 Å². The summed E-state index contributed by atoms with van der Waals surface area (Å²) in [6.45, 7) is 4.10. The summed E-state index contributed by atoms with van der Waals surface area (Å²) in [6.07, 6.45) is 2.20. The number of hydrogen-bond acceptors (Lipinski definition) is 2. The Kier molecular flexibility index (Phi) is 2.47. The molecule has 1 fully saturated rings. The smallest absolute Gasteiger partial charge is 0.258 e. The van der Waals surface area contributed by atoms with Gasteiger partial charge in [0, 0.05) is 11.6 Å². The molecule has 1 aliphatic rings. The minimum absolute atomic E-state index is 0.250. The van der Waals surface area contributed by atoms with Gasteiger partial charge >= 0.3 is 0 Å². The van der Waals surface area contributed by atoms with Crippen LogP contribution in [0, 0.1) is 10.1 Å². The molecule has 0 aliphatic heterocycles. The molecule has 2 rings (SSSR count). The van der Waals surface area contributed by atoms with Gasteiger partial charge in [-0.15, -0.1) is 0 Å². The maximum atomic E-state index is 10.9. The van der Waals surface area contributed by atoms with Crippen LogP contribution in [0.5, 0.6) is 0 Å². The van der Waals surface area contributed by atoms with Crippen LogP contribution in [-0.2, 0) is 0 Å². The van der Waals surface area contributed by atoms with Crippen LogP contribution in [-0.4, -0.2) is 4.92 Å². The number of nitro benzene ring substituents is 1. The van der Waals surface area contributed by atoms with Crippen molar-refractivity contribution in [1.82, 2.24) is 0 Å². The molecule has 15 heavy (non-hydrogen) atoms. The number of rotatable bonds is 3. The first kappa shape index (κ1) is 10.1. The lowest BCUT2D eigenvalue weighted by atomic mass is 9.98. The zero-order valence-electron chi connectivity index (χ0n) is 9.06. The van der Waals surface area contributed by atoms with Gasteiger partial charge in [-0.05, 0) is 30.2 Å². The van der Waals surface area contributed by atoms with Crippen LogP contribution in [0.4, 0.5) is 5.69 Å². The third kappa shape index (κ3) is 2.01. The van der Waals surface area contributed by atoms with Gasteiger partial charge in [-0.3, -0.25) is 10.1 Å². The first-order chi connectivity index (χ1) is 7.09. The summed E-state index contributed by atoms with van der Waals surface area (Å²) in [5.41, 5.74) is 2.28. The van der Waals surface area contributed by atoms with Crippen LogP contribution in [0.1, 0.15) is 49.7 Å². The topological polar surface area (TPSA) is 43.1 Å². The zero-order valence-corrected chi connectivity index (χ0v) is 9.06. The van der Waals surface area contributed by atoms with Gasteiger partial charge in [0.15, 0.2) is 0 Å². The highest BCUT2D eigenvalue weighted by Crippen LogP contribution is 2.44. The molecule has 0 heterocycles. The molecule has 3 heteroatoms. The average Bonchev–Trinajstić information content (AvgIpc) is 2.99. The molecule has 1 saturated carbocycles. The fraction of sp³-hybridized carbons (Fsp3) is 0.500. The van der Waals surface area contributed by atoms with E-state index in [2.05, 4.69) is 13.8 Å². The molecule has 1 aromatic rings. The van der Waals surface area contributed by atoms with Gasteiger partial charge < -0.3 is 0 Å². The molecule has 0 bridgehead atoms. The highest BCUT2D eigenvalue weighted by atomic mass is 16.6.